The van der Waals surface area contributed by atoms with Crippen molar-refractivity contribution in [2.75, 3.05) is 32.9 Å². The minimum Gasteiger partial charge on any atom is -0.378 e. The summed E-state index contributed by atoms with van der Waals surface area (Å²) >= 11 is 0. The summed E-state index contributed by atoms with van der Waals surface area (Å²) in [5.41, 5.74) is 4.00. The van der Waals surface area contributed by atoms with Crippen molar-refractivity contribution in [2.45, 2.75) is 12.8 Å². The van der Waals surface area contributed by atoms with Crippen LogP contribution in [0.25, 0.3) is 16.6 Å². The summed E-state index contributed by atoms with van der Waals surface area (Å²) in [6.45, 7) is 3.92. The molecular formula is C24H25N7O2. The third-order valence-electron chi connectivity index (χ3n) is 5.98. The lowest BCUT2D eigenvalue weighted by molar-refractivity contribution is 0.0649. The van der Waals surface area contributed by atoms with E-state index in [9.17, 15) is 0 Å². The van der Waals surface area contributed by atoms with E-state index >= 15 is 0 Å². The van der Waals surface area contributed by atoms with Crippen LogP contribution in [0.3, 0.4) is 0 Å². The normalized spacial score (nSPS) is 20.2. The Hall–Kier alpha value is -3.69. The zero-order valence-electron chi connectivity index (χ0n) is 18.1. The quantitative estimate of drug-likeness (QED) is 0.629. The molecule has 1 atom stereocenters. The van der Waals surface area contributed by atoms with Gasteiger partial charge in [0.05, 0.1) is 43.4 Å². The van der Waals surface area contributed by atoms with Gasteiger partial charge in [-0.15, -0.1) is 0 Å². The largest absolute Gasteiger partial charge is 0.378 e. The van der Waals surface area contributed by atoms with Crippen LogP contribution in [0.5, 0.6) is 0 Å². The summed E-state index contributed by atoms with van der Waals surface area (Å²) in [7, 11) is 0. The highest BCUT2D eigenvalue weighted by Crippen LogP contribution is 2.30. The molecule has 1 fully saturated rings. The monoisotopic (exact) mass is 443 g/mol. The van der Waals surface area contributed by atoms with Gasteiger partial charge in [0.15, 0.2) is 17.8 Å². The number of nitrogens with one attached hydrogen (secondary N) is 2. The van der Waals surface area contributed by atoms with Crippen LogP contribution < -0.4 is 5.32 Å². The maximum Gasteiger partial charge on any atom is 0.180 e. The molecule has 2 aromatic carbocycles. The van der Waals surface area contributed by atoms with Gasteiger partial charge in [0.25, 0.3) is 0 Å². The van der Waals surface area contributed by atoms with Crippen LogP contribution >= 0.6 is 0 Å². The third-order valence-corrected chi connectivity index (χ3v) is 5.98. The maximum absolute atomic E-state index is 5.92. The number of aliphatic imine (C=N–C) groups is 1. The van der Waals surface area contributed by atoms with Gasteiger partial charge in [-0.3, -0.25) is 5.10 Å². The fraction of sp³-hybridized carbons (Fsp3) is 0.292. The number of H-pyrrole nitrogens is 1. The van der Waals surface area contributed by atoms with Gasteiger partial charge in [0.2, 0.25) is 0 Å². The fourth-order valence-corrected chi connectivity index (χ4v) is 4.34. The molecular weight excluding hydrogens is 418 g/mol. The molecule has 9 nitrogen and oxygen atoms in total. The fourth-order valence-electron chi connectivity index (χ4n) is 4.34. The first kappa shape index (κ1) is 20.0. The van der Waals surface area contributed by atoms with Crippen molar-refractivity contribution >= 4 is 28.3 Å². The van der Waals surface area contributed by atoms with E-state index in [0.717, 1.165) is 52.5 Å². The van der Waals surface area contributed by atoms with Gasteiger partial charge >= 0.3 is 0 Å². The molecule has 0 bridgehead atoms. The van der Waals surface area contributed by atoms with Gasteiger partial charge in [0.1, 0.15) is 6.61 Å². The highest BCUT2D eigenvalue weighted by Gasteiger charge is 2.36. The molecule has 9 heteroatoms. The summed E-state index contributed by atoms with van der Waals surface area (Å²) in [6, 6.07) is 16.3. The Morgan fingerprint density at radius 3 is 2.79 bits per heavy atom. The zero-order chi connectivity index (χ0) is 22.0. The Balaban J connectivity index is 1.28. The summed E-state index contributed by atoms with van der Waals surface area (Å²) in [5, 5.41) is 18.5. The predicted molar refractivity (Wildman–Crippen MR) is 126 cm³/mol. The Bertz CT molecular complexity index is 1230. The second-order valence-electron chi connectivity index (χ2n) is 8.17. The van der Waals surface area contributed by atoms with E-state index in [1.54, 1.807) is 0 Å². The van der Waals surface area contributed by atoms with Crippen LogP contribution in [0.4, 0.5) is 0 Å². The van der Waals surface area contributed by atoms with E-state index < -0.39 is 0 Å². The molecule has 168 valence electrons. The Morgan fingerprint density at radius 1 is 1.03 bits per heavy atom. The van der Waals surface area contributed by atoms with Crippen LogP contribution in [-0.4, -0.2) is 70.9 Å². The summed E-state index contributed by atoms with van der Waals surface area (Å²) < 4.78 is 11.5. The number of aromatic amines is 1. The first-order chi connectivity index (χ1) is 16.3. The van der Waals surface area contributed by atoms with E-state index in [0.29, 0.717) is 26.4 Å². The van der Waals surface area contributed by atoms with Crippen molar-refractivity contribution in [3.63, 3.8) is 0 Å². The SMILES string of the molecule is C1=C(c2cccc3[nH]ncc23)N=C(N2CCOCC2)C2NC(COCc3ccccc3)=NN12. The van der Waals surface area contributed by atoms with Gasteiger partial charge in [0, 0.05) is 24.0 Å². The third kappa shape index (κ3) is 3.96. The standard InChI is InChI=1S/C24H25N7O2/c1-2-5-17(6-3-1)15-33-16-22-27-24-23(30-9-11-32-12-10-30)26-21(14-31(24)29-22)18-7-4-8-20-19(18)13-25-28-20/h1-8,13-14,24H,9-12,15-16H2,(H,25,28)(H,27,29). The minimum atomic E-state index is -0.161. The van der Waals surface area contributed by atoms with Gasteiger partial charge in [-0.2, -0.15) is 10.2 Å². The minimum absolute atomic E-state index is 0.161. The van der Waals surface area contributed by atoms with Crippen LogP contribution in [-0.2, 0) is 16.1 Å². The van der Waals surface area contributed by atoms with Crippen LogP contribution in [0.2, 0.25) is 0 Å². The molecule has 0 saturated carbocycles. The van der Waals surface area contributed by atoms with E-state index in [4.69, 9.17) is 19.6 Å². The van der Waals surface area contributed by atoms with Crippen molar-refractivity contribution in [2.24, 2.45) is 10.1 Å². The number of hydrazone groups is 1. The molecule has 6 rings (SSSR count). The molecule has 2 N–H and O–H groups in total. The van der Waals surface area contributed by atoms with Crippen molar-refractivity contribution in [3.8, 4) is 0 Å². The first-order valence-corrected chi connectivity index (χ1v) is 11.1. The van der Waals surface area contributed by atoms with Gasteiger partial charge in [-0.25, -0.2) is 10.0 Å². The first-order valence-electron chi connectivity index (χ1n) is 11.1. The second kappa shape index (κ2) is 8.68. The molecule has 3 aliphatic heterocycles. The van der Waals surface area contributed by atoms with Crippen molar-refractivity contribution < 1.29 is 9.47 Å². The Morgan fingerprint density at radius 2 is 1.91 bits per heavy atom. The Labute approximate surface area is 191 Å². The molecule has 4 heterocycles. The van der Waals surface area contributed by atoms with Crippen LogP contribution in [0, 0.1) is 0 Å². The number of hydrogen-bond acceptors (Lipinski definition) is 8. The molecule has 0 aliphatic carbocycles. The lowest BCUT2D eigenvalue weighted by atomic mass is 10.1. The van der Waals surface area contributed by atoms with E-state index in [2.05, 4.69) is 38.6 Å². The number of hydrogen-bond donors (Lipinski definition) is 2. The van der Waals surface area contributed by atoms with Crippen molar-refractivity contribution in [3.05, 3.63) is 72.1 Å². The van der Waals surface area contributed by atoms with E-state index in [-0.39, 0.29) is 6.17 Å². The number of amidine groups is 2. The number of benzene rings is 2. The molecule has 1 aromatic heterocycles. The number of nitrogens with zero attached hydrogens (tertiary/aromatic N) is 5. The molecule has 3 aliphatic rings. The Kier molecular flexibility index (Phi) is 5.25. The van der Waals surface area contributed by atoms with Crippen LogP contribution in [0.15, 0.2) is 71.0 Å². The lowest BCUT2D eigenvalue weighted by Crippen LogP contribution is -2.54. The average molecular weight is 444 g/mol. The number of morpholine rings is 1. The molecule has 0 spiro atoms. The molecule has 0 amide bonds. The van der Waals surface area contributed by atoms with E-state index in [1.165, 1.54) is 0 Å². The predicted octanol–water partition coefficient (Wildman–Crippen LogP) is 2.37. The zero-order valence-corrected chi connectivity index (χ0v) is 18.1. The maximum atomic E-state index is 5.92. The number of rotatable bonds is 5. The van der Waals surface area contributed by atoms with Gasteiger partial charge in [-0.05, 0) is 11.6 Å². The topological polar surface area (TPSA) is 90.4 Å². The molecule has 33 heavy (non-hydrogen) atoms. The summed E-state index contributed by atoms with van der Waals surface area (Å²) in [5.74, 6) is 1.73. The molecule has 1 unspecified atom stereocenters. The summed E-state index contributed by atoms with van der Waals surface area (Å²) in [6.07, 6.45) is 3.68. The number of ether oxygens (including phenoxy) is 2. The van der Waals surface area contributed by atoms with Crippen molar-refractivity contribution in [1.82, 2.24) is 25.4 Å². The highest BCUT2D eigenvalue weighted by molar-refractivity contribution is 6.01. The van der Waals surface area contributed by atoms with Crippen molar-refractivity contribution in [1.29, 1.82) is 0 Å². The van der Waals surface area contributed by atoms with Crippen LogP contribution in [0.1, 0.15) is 11.1 Å². The molecule has 3 aromatic rings. The van der Waals surface area contributed by atoms with Gasteiger partial charge < -0.3 is 19.7 Å². The lowest BCUT2D eigenvalue weighted by Gasteiger charge is -2.36. The average Bonchev–Trinajstić information content (AvgIpc) is 3.51. The molecule has 1 saturated heterocycles. The van der Waals surface area contributed by atoms with Gasteiger partial charge in [-0.1, -0.05) is 42.5 Å². The smallest absolute Gasteiger partial charge is 0.180 e. The number of aromatic nitrogens is 2. The molecule has 0 radical (unpaired) electrons. The van der Waals surface area contributed by atoms with E-state index in [1.807, 2.05) is 47.7 Å². The number of fused-ring (bicyclic) bond motifs is 2. The second-order valence-corrected chi connectivity index (χ2v) is 8.17. The summed E-state index contributed by atoms with van der Waals surface area (Å²) in [4.78, 5) is 7.38. The highest BCUT2D eigenvalue weighted by atomic mass is 16.5.